The van der Waals surface area contributed by atoms with Crippen LogP contribution in [0.25, 0.3) is 0 Å². The van der Waals surface area contributed by atoms with Gasteiger partial charge in [0.25, 0.3) is 5.91 Å². The second-order valence-electron chi connectivity index (χ2n) is 4.27. The zero-order chi connectivity index (χ0) is 13.7. The molecule has 5 heteroatoms. The van der Waals surface area contributed by atoms with Crippen molar-refractivity contribution in [1.82, 2.24) is 14.9 Å². The average Bonchev–Trinajstić information content (AvgIpc) is 2.45. The molecule has 0 bridgehead atoms. The van der Waals surface area contributed by atoms with Crippen LogP contribution < -0.4 is 5.56 Å². The Bertz CT molecular complexity index is 607. The van der Waals surface area contributed by atoms with E-state index >= 15 is 0 Å². The van der Waals surface area contributed by atoms with Gasteiger partial charge in [0.2, 0.25) is 5.56 Å². The normalized spacial score (nSPS) is 10.2. The highest BCUT2D eigenvalue weighted by Gasteiger charge is 2.11. The van der Waals surface area contributed by atoms with Crippen LogP contribution in [0.1, 0.15) is 15.9 Å². The van der Waals surface area contributed by atoms with Gasteiger partial charge in [-0.2, -0.15) is 0 Å². The van der Waals surface area contributed by atoms with Gasteiger partial charge < -0.3 is 9.88 Å². The third-order valence-corrected chi connectivity index (χ3v) is 2.85. The molecule has 0 fully saturated rings. The lowest BCUT2D eigenvalue weighted by Crippen LogP contribution is -2.29. The number of amides is 1. The van der Waals surface area contributed by atoms with Gasteiger partial charge in [-0.05, 0) is 30.2 Å². The van der Waals surface area contributed by atoms with E-state index in [1.165, 1.54) is 12.3 Å². The van der Waals surface area contributed by atoms with Crippen molar-refractivity contribution in [1.29, 1.82) is 0 Å². The summed E-state index contributed by atoms with van der Waals surface area (Å²) < 4.78 is 0. The van der Waals surface area contributed by atoms with Crippen LogP contribution in [0, 0.1) is 0 Å². The number of carbonyl (C=O) groups excluding carboxylic acids is 1. The van der Waals surface area contributed by atoms with Gasteiger partial charge in [-0.1, -0.05) is 0 Å². The van der Waals surface area contributed by atoms with Crippen LogP contribution in [0.15, 0.2) is 47.7 Å². The first-order chi connectivity index (χ1) is 9.16. The number of pyridine rings is 2. The number of hydrogen-bond donors (Lipinski definition) is 1. The lowest BCUT2D eigenvalue weighted by Gasteiger charge is -2.16. The number of H-pyrrole nitrogens is 1. The molecular formula is C14H15N3O2. The number of nitrogens with zero attached hydrogens (tertiary/aromatic N) is 2. The molecule has 1 amide bonds. The van der Waals surface area contributed by atoms with Crippen LogP contribution in [0.3, 0.4) is 0 Å². The van der Waals surface area contributed by atoms with E-state index < -0.39 is 0 Å². The summed E-state index contributed by atoms with van der Waals surface area (Å²) in [5, 5.41) is 0. The van der Waals surface area contributed by atoms with Crippen molar-refractivity contribution < 1.29 is 4.79 Å². The number of aromatic amines is 1. The summed E-state index contributed by atoms with van der Waals surface area (Å²) in [6, 6.07) is 6.76. The molecule has 0 saturated heterocycles. The number of hydrogen-bond acceptors (Lipinski definition) is 3. The number of likely N-dealkylation sites (N-methyl/N-ethyl adjacent to an activating group) is 1. The summed E-state index contributed by atoms with van der Waals surface area (Å²) in [5.41, 5.74) is 1.26. The smallest absolute Gasteiger partial charge is 0.253 e. The molecule has 19 heavy (non-hydrogen) atoms. The van der Waals surface area contributed by atoms with Crippen molar-refractivity contribution in [2.75, 3.05) is 13.6 Å². The van der Waals surface area contributed by atoms with Gasteiger partial charge in [0.05, 0.1) is 0 Å². The number of aromatic nitrogens is 2. The molecule has 0 saturated carbocycles. The Morgan fingerprint density at radius 2 is 2.05 bits per heavy atom. The Kier molecular flexibility index (Phi) is 4.07. The number of nitrogens with one attached hydrogen (secondary N) is 1. The van der Waals surface area contributed by atoms with Crippen molar-refractivity contribution in [2.24, 2.45) is 0 Å². The standard InChI is InChI=1S/C14H15N3O2/c1-17(9-5-11-2-6-15-7-3-11)14(19)12-4-8-16-13(18)10-12/h2-4,6-8,10H,5,9H2,1H3,(H,16,18). The maximum absolute atomic E-state index is 12.1. The van der Waals surface area contributed by atoms with E-state index in [-0.39, 0.29) is 11.5 Å². The van der Waals surface area contributed by atoms with Crippen LogP contribution >= 0.6 is 0 Å². The SMILES string of the molecule is CN(CCc1ccncc1)C(=O)c1cc[nH]c(=O)c1. The van der Waals surface area contributed by atoms with E-state index in [9.17, 15) is 9.59 Å². The molecule has 0 aliphatic heterocycles. The largest absolute Gasteiger partial charge is 0.341 e. The summed E-state index contributed by atoms with van der Waals surface area (Å²) in [7, 11) is 1.73. The van der Waals surface area contributed by atoms with Gasteiger partial charge in [0.1, 0.15) is 0 Å². The molecule has 0 aliphatic carbocycles. The highest BCUT2D eigenvalue weighted by Crippen LogP contribution is 2.03. The Labute approximate surface area is 110 Å². The topological polar surface area (TPSA) is 66.1 Å². The number of rotatable bonds is 4. The van der Waals surface area contributed by atoms with E-state index in [1.807, 2.05) is 12.1 Å². The molecule has 5 nitrogen and oxygen atoms in total. The van der Waals surface area contributed by atoms with Gasteiger partial charge in [-0.3, -0.25) is 14.6 Å². The van der Waals surface area contributed by atoms with Crippen LogP contribution in [0.5, 0.6) is 0 Å². The molecule has 2 aromatic rings. The second-order valence-corrected chi connectivity index (χ2v) is 4.27. The third kappa shape index (κ3) is 3.51. The molecule has 0 spiro atoms. The summed E-state index contributed by atoms with van der Waals surface area (Å²) in [4.78, 5) is 31.3. The Balaban J connectivity index is 1.98. The Hall–Kier alpha value is -2.43. The minimum absolute atomic E-state index is 0.153. The van der Waals surface area contributed by atoms with E-state index in [0.717, 1.165) is 12.0 Å². The Morgan fingerprint density at radius 1 is 1.32 bits per heavy atom. The molecule has 2 heterocycles. The van der Waals surface area contributed by atoms with Gasteiger partial charge in [-0.15, -0.1) is 0 Å². The van der Waals surface area contributed by atoms with Gasteiger partial charge in [0, 0.05) is 43.8 Å². The van der Waals surface area contributed by atoms with Crippen LogP contribution in [0.4, 0.5) is 0 Å². The average molecular weight is 257 g/mol. The molecule has 2 rings (SSSR count). The van der Waals surface area contributed by atoms with Crippen molar-refractivity contribution in [2.45, 2.75) is 6.42 Å². The fourth-order valence-corrected chi connectivity index (χ4v) is 1.75. The van der Waals surface area contributed by atoms with E-state index in [0.29, 0.717) is 12.1 Å². The highest BCUT2D eigenvalue weighted by atomic mass is 16.2. The first kappa shape index (κ1) is 13.0. The predicted octanol–water partition coefficient (Wildman–Crippen LogP) is 1.08. The molecule has 0 aromatic carbocycles. The zero-order valence-electron chi connectivity index (χ0n) is 10.7. The van der Waals surface area contributed by atoms with E-state index in [2.05, 4.69) is 9.97 Å². The first-order valence-corrected chi connectivity index (χ1v) is 6.00. The minimum atomic E-state index is -0.270. The maximum atomic E-state index is 12.1. The highest BCUT2D eigenvalue weighted by molar-refractivity contribution is 5.93. The van der Waals surface area contributed by atoms with Gasteiger partial charge in [0.15, 0.2) is 0 Å². The van der Waals surface area contributed by atoms with E-state index in [4.69, 9.17) is 0 Å². The minimum Gasteiger partial charge on any atom is -0.341 e. The van der Waals surface area contributed by atoms with E-state index in [1.54, 1.807) is 30.4 Å². The molecule has 0 unspecified atom stereocenters. The monoisotopic (exact) mass is 257 g/mol. The van der Waals surface area contributed by atoms with Crippen LogP contribution in [0.2, 0.25) is 0 Å². The maximum Gasteiger partial charge on any atom is 0.253 e. The van der Waals surface area contributed by atoms with Gasteiger partial charge in [-0.25, -0.2) is 0 Å². The molecule has 1 N–H and O–H groups in total. The van der Waals surface area contributed by atoms with Gasteiger partial charge >= 0.3 is 0 Å². The summed E-state index contributed by atoms with van der Waals surface area (Å²) in [6.45, 7) is 0.593. The molecular weight excluding hydrogens is 242 g/mol. The molecule has 0 aliphatic rings. The number of carbonyl (C=O) groups is 1. The fraction of sp³-hybridized carbons (Fsp3) is 0.214. The fourth-order valence-electron chi connectivity index (χ4n) is 1.75. The van der Waals surface area contributed by atoms with Crippen molar-refractivity contribution in [3.8, 4) is 0 Å². The quantitative estimate of drug-likeness (QED) is 0.891. The first-order valence-electron chi connectivity index (χ1n) is 6.00. The van der Waals surface area contributed by atoms with Crippen molar-refractivity contribution >= 4 is 5.91 Å². The molecule has 0 radical (unpaired) electrons. The summed E-state index contributed by atoms with van der Waals surface area (Å²) >= 11 is 0. The zero-order valence-corrected chi connectivity index (χ0v) is 10.7. The lowest BCUT2D eigenvalue weighted by molar-refractivity contribution is 0.0796. The summed E-state index contributed by atoms with van der Waals surface area (Å²) in [6.07, 6.45) is 5.70. The third-order valence-electron chi connectivity index (χ3n) is 2.85. The molecule has 2 aromatic heterocycles. The van der Waals surface area contributed by atoms with Crippen LogP contribution in [-0.2, 0) is 6.42 Å². The lowest BCUT2D eigenvalue weighted by atomic mass is 10.2. The predicted molar refractivity (Wildman–Crippen MR) is 72.0 cm³/mol. The second kappa shape index (κ2) is 5.95. The Morgan fingerprint density at radius 3 is 2.74 bits per heavy atom. The van der Waals surface area contributed by atoms with Crippen molar-refractivity contribution in [3.05, 3.63) is 64.3 Å². The van der Waals surface area contributed by atoms with Crippen LogP contribution in [-0.4, -0.2) is 34.4 Å². The molecule has 98 valence electrons. The summed E-state index contributed by atoms with van der Waals surface area (Å²) in [5.74, 6) is -0.153. The van der Waals surface area contributed by atoms with Crippen molar-refractivity contribution in [3.63, 3.8) is 0 Å². The molecule has 0 atom stereocenters.